The Morgan fingerprint density at radius 1 is 0.862 bits per heavy atom. The van der Waals surface area contributed by atoms with Crippen molar-refractivity contribution in [3.05, 3.63) is 130 Å². The van der Waals surface area contributed by atoms with Gasteiger partial charge in [0.15, 0.2) is 16.9 Å². The fourth-order valence-electron chi connectivity index (χ4n) is 16.3. The second-order valence-electron chi connectivity index (χ2n) is 27.0. The van der Waals surface area contributed by atoms with Gasteiger partial charge in [-0.25, -0.2) is 24.4 Å². The third-order valence-corrected chi connectivity index (χ3v) is 20.2. The number of carbonyl (C=O) groups is 7. The van der Waals surface area contributed by atoms with Crippen molar-refractivity contribution >= 4 is 74.2 Å². The molecule has 6 heterocycles. The molecule has 0 radical (unpaired) electrons. The number of aliphatic hydroxyl groups excluding tert-OH is 2. The normalized spacial score (nSPS) is 24.4. The lowest BCUT2D eigenvalue weighted by molar-refractivity contribution is -0.248. The number of carboxylic acids is 2. The van der Waals surface area contributed by atoms with Crippen LogP contribution in [-0.4, -0.2) is 162 Å². The number of carbonyl (C=O) groups excluding carboxylic acids is 5. The number of aryl methyl sites for hydroxylation is 1. The fourth-order valence-corrected chi connectivity index (χ4v) is 17.1. The molecule has 2 unspecified atom stereocenters. The number of thiazole rings is 1. The minimum absolute atomic E-state index is 0.0133. The van der Waals surface area contributed by atoms with Crippen LogP contribution in [0.3, 0.4) is 0 Å². The van der Waals surface area contributed by atoms with Gasteiger partial charge in [-0.05, 0) is 147 Å². The average Bonchev–Trinajstić information content (AvgIpc) is 0.727. The van der Waals surface area contributed by atoms with Crippen LogP contribution < -0.4 is 20.3 Å². The number of aromatic carboxylic acids is 1. The lowest BCUT2D eigenvalue weighted by Crippen LogP contribution is -2.64. The number of hydrogen-bond donors (Lipinski definition) is 6. The van der Waals surface area contributed by atoms with Gasteiger partial charge in [0.25, 0.3) is 17.7 Å². The second-order valence-corrected chi connectivity index (χ2v) is 28.1. The van der Waals surface area contributed by atoms with Gasteiger partial charge >= 0.3 is 18.0 Å². The number of aliphatic hydroxyl groups is 2. The molecule has 5 fully saturated rings. The van der Waals surface area contributed by atoms with Crippen molar-refractivity contribution in [3.63, 3.8) is 0 Å². The monoisotopic (exact) mass is 1310 g/mol. The number of amides is 5. The van der Waals surface area contributed by atoms with Gasteiger partial charge in [-0.2, -0.15) is 5.10 Å². The van der Waals surface area contributed by atoms with E-state index in [-0.39, 0.29) is 85.9 Å². The maximum atomic E-state index is 14.2. The molecule has 5 amide bonds. The van der Waals surface area contributed by atoms with Gasteiger partial charge in [-0.3, -0.25) is 34.1 Å². The number of benzene rings is 3. The average molecular weight is 1310 g/mol. The summed E-state index contributed by atoms with van der Waals surface area (Å²) in [5.74, 6) is -3.57. The van der Waals surface area contributed by atoms with E-state index >= 15 is 0 Å². The highest BCUT2D eigenvalue weighted by Crippen LogP contribution is 2.72. The molecule has 0 spiro atoms. The maximum absolute atomic E-state index is 14.2. The van der Waals surface area contributed by atoms with Crippen LogP contribution >= 0.6 is 11.3 Å². The lowest BCUT2D eigenvalue weighted by atomic mass is 9.39. The van der Waals surface area contributed by atoms with Gasteiger partial charge in [-0.1, -0.05) is 61.6 Å². The van der Waals surface area contributed by atoms with E-state index in [2.05, 4.69) is 29.5 Å². The number of aliphatic carboxylic acids is 1. The van der Waals surface area contributed by atoms with Crippen molar-refractivity contribution in [1.82, 2.24) is 34.9 Å². The number of anilines is 2. The van der Waals surface area contributed by atoms with E-state index in [0.29, 0.717) is 84.9 Å². The minimum Gasteiger partial charge on any atom is -0.479 e. The number of nitrogens with one attached hydrogen (secondary N) is 2. The predicted molar refractivity (Wildman–Crippen MR) is 345 cm³/mol. The van der Waals surface area contributed by atoms with Crippen molar-refractivity contribution in [1.29, 1.82) is 0 Å². The number of carboxylic acid groups (broad SMARTS) is 2. The Kier molecular flexibility index (Phi) is 18.8. The van der Waals surface area contributed by atoms with E-state index in [9.17, 15) is 54.0 Å². The molecule has 25 heteroatoms. The molecule has 94 heavy (non-hydrogen) atoms. The Labute approximate surface area is 547 Å². The van der Waals surface area contributed by atoms with Crippen molar-refractivity contribution in [2.75, 3.05) is 56.2 Å². The predicted octanol–water partition coefficient (Wildman–Crippen LogP) is 8.23. The SMILES string of the molecule is Cc1c(-c2ccc(N3CCc4cccc(C(=O)Nc5nc6ccccc6s5)c4C3)nc2C(=O)O)cnn1CC12CC3(C)CC(C)(C1)CC(OCCN(CCCCO)C(=O)OCc1ccc(CCCNC(=O)CN4C(=O)C=CC4=O)cc1O[C@H]1C[C@@H](O)C[C@@H](C(=O)O)O1)(C3)C2. The first-order chi connectivity index (χ1) is 45.1. The van der Waals surface area contributed by atoms with E-state index in [4.69, 9.17) is 29.0 Å². The van der Waals surface area contributed by atoms with Crippen LogP contribution in [0.1, 0.15) is 133 Å². The van der Waals surface area contributed by atoms with Gasteiger partial charge in [-0.15, -0.1) is 0 Å². The molecule has 4 saturated carbocycles. The van der Waals surface area contributed by atoms with Gasteiger partial charge < -0.3 is 54.5 Å². The third-order valence-electron chi connectivity index (χ3n) is 19.3. The summed E-state index contributed by atoms with van der Waals surface area (Å²) in [5.41, 5.74) is 5.48. The zero-order valence-electron chi connectivity index (χ0n) is 53.0. The summed E-state index contributed by atoms with van der Waals surface area (Å²) < 4.78 is 28.1. The first-order valence-electron chi connectivity index (χ1n) is 32.2. The molecule has 6 aromatic rings. The summed E-state index contributed by atoms with van der Waals surface area (Å²) in [7, 11) is 0. The number of pyridine rings is 1. The number of aromatic nitrogens is 4. The topological polar surface area (TPSA) is 315 Å². The van der Waals surface area contributed by atoms with E-state index in [1.165, 1.54) is 11.3 Å². The van der Waals surface area contributed by atoms with Crippen molar-refractivity contribution < 1.29 is 72.9 Å². The Hall–Kier alpha value is -8.62. The number of para-hydroxylation sites is 1. The molecule has 13 rings (SSSR count). The van der Waals surface area contributed by atoms with E-state index in [1.807, 2.05) is 71.1 Å². The first-order valence-corrected chi connectivity index (χ1v) is 33.0. The van der Waals surface area contributed by atoms with Crippen LogP contribution in [0, 0.1) is 23.2 Å². The molecule has 5 atom stereocenters. The quantitative estimate of drug-likeness (QED) is 0.0220. The first kappa shape index (κ1) is 65.4. The lowest BCUT2D eigenvalue weighted by Gasteiger charge is -2.69. The summed E-state index contributed by atoms with van der Waals surface area (Å²) in [6.45, 7) is 8.42. The standard InChI is InChI=1S/C69H79N9O15S/c1-42-49(47-17-18-55(73-60(47)63(87)88)76-24-21-44-11-8-12-48(50(44)32-76)61(84)74-64-72-51-13-4-5-14-54(51)94-64)31-71-78(42)41-68-36-66(2)35-67(3,37-68)39-69(38-66,40-68)91-27-25-75(23-6-7-26-79)65(89)90-34-45-16-15-43(10-9-22-70-56(81)33-77-57(82)19-20-58(77)83)28-52(45)92-59-30-46(80)29-53(93-59)62(85)86/h4-5,8,11-20,28,31,46,53,59,79-80H,6-7,9-10,21-27,29-30,32-41H2,1-3H3,(H,70,81)(H,85,86)(H,87,88)(H,72,74,84)/t46-,53-,59+,66?,67?,68?,69?/m0/s1. The molecule has 4 aliphatic carbocycles. The molecule has 3 aliphatic heterocycles. The summed E-state index contributed by atoms with van der Waals surface area (Å²) in [4.78, 5) is 103. The number of ether oxygens (including phenoxy) is 4. The summed E-state index contributed by atoms with van der Waals surface area (Å²) >= 11 is 1.41. The molecule has 1 saturated heterocycles. The third kappa shape index (κ3) is 14.4. The van der Waals surface area contributed by atoms with Crippen molar-refractivity contribution in [3.8, 4) is 16.9 Å². The Morgan fingerprint density at radius 2 is 1.65 bits per heavy atom. The largest absolute Gasteiger partial charge is 0.479 e. The fraction of sp³-hybridized carbons (Fsp3) is 0.478. The maximum Gasteiger partial charge on any atom is 0.410 e. The minimum atomic E-state index is -1.31. The van der Waals surface area contributed by atoms with Crippen LogP contribution in [0.4, 0.5) is 15.7 Å². The number of rotatable bonds is 26. The number of hydrogen-bond acceptors (Lipinski definition) is 18. The summed E-state index contributed by atoms with van der Waals surface area (Å²) in [5, 5.41) is 52.1. The Balaban J connectivity index is 0.702. The molecular weight excluding hydrogens is 1230 g/mol. The van der Waals surface area contributed by atoms with Gasteiger partial charge in [0.05, 0.1) is 34.7 Å². The summed E-state index contributed by atoms with van der Waals surface area (Å²) in [6.07, 6.45) is 7.65. The van der Waals surface area contributed by atoms with E-state index in [1.54, 1.807) is 29.3 Å². The van der Waals surface area contributed by atoms with Gasteiger partial charge in [0.1, 0.15) is 24.7 Å². The molecule has 7 aliphatic rings. The number of unbranched alkanes of at least 4 members (excludes halogenated alkanes) is 1. The number of fused-ring (bicyclic) bond motifs is 2. The smallest absolute Gasteiger partial charge is 0.410 e. The van der Waals surface area contributed by atoms with E-state index in [0.717, 1.165) is 88.2 Å². The molecule has 496 valence electrons. The molecule has 3 aromatic heterocycles. The second kappa shape index (κ2) is 27.0. The zero-order valence-corrected chi connectivity index (χ0v) is 53.8. The Bertz CT molecular complexity index is 3890. The molecule has 6 N–H and O–H groups in total. The van der Waals surface area contributed by atoms with Gasteiger partial charge in [0.2, 0.25) is 12.2 Å². The van der Waals surface area contributed by atoms with E-state index < -0.39 is 66.4 Å². The van der Waals surface area contributed by atoms with Crippen LogP contribution in [-0.2, 0) is 65.9 Å². The molecular formula is C69H79N9O15S. The molecule has 4 bridgehead atoms. The van der Waals surface area contributed by atoms with Crippen LogP contribution in [0.5, 0.6) is 5.75 Å². The summed E-state index contributed by atoms with van der Waals surface area (Å²) in [6, 6.07) is 22.3. The van der Waals surface area contributed by atoms with Crippen LogP contribution in [0.2, 0.25) is 0 Å². The zero-order chi connectivity index (χ0) is 66.1. The molecule has 3 aromatic carbocycles. The van der Waals surface area contributed by atoms with Crippen LogP contribution in [0.25, 0.3) is 21.3 Å². The van der Waals surface area contributed by atoms with Gasteiger partial charge in [0, 0.05) is 98.8 Å². The highest BCUT2D eigenvalue weighted by Gasteiger charge is 2.66. The van der Waals surface area contributed by atoms with Crippen molar-refractivity contribution in [2.24, 2.45) is 16.2 Å². The highest BCUT2D eigenvalue weighted by atomic mass is 32.1. The van der Waals surface area contributed by atoms with Crippen molar-refractivity contribution in [2.45, 2.75) is 148 Å². The number of imide groups is 1. The number of nitrogens with zero attached hydrogens (tertiary/aromatic N) is 7. The highest BCUT2D eigenvalue weighted by molar-refractivity contribution is 7.22. The Morgan fingerprint density at radius 3 is 2.40 bits per heavy atom. The molecule has 24 nitrogen and oxygen atoms in total. The van der Waals surface area contributed by atoms with Crippen LogP contribution in [0.15, 0.2) is 91.1 Å².